The van der Waals surface area contributed by atoms with Gasteiger partial charge in [0.15, 0.2) is 0 Å². The Morgan fingerprint density at radius 3 is 2.52 bits per heavy atom. The number of para-hydroxylation sites is 1. The molecule has 0 aromatic heterocycles. The first-order valence-electron chi connectivity index (χ1n) is 9.48. The number of ether oxygens (including phenoxy) is 2. The van der Waals surface area contributed by atoms with Gasteiger partial charge in [-0.05, 0) is 49.2 Å². The second-order valence-electron chi connectivity index (χ2n) is 7.30. The van der Waals surface area contributed by atoms with E-state index < -0.39 is 0 Å². The lowest BCUT2D eigenvalue weighted by molar-refractivity contribution is 0.00394. The monoisotopic (exact) mass is 366 g/mol. The lowest BCUT2D eigenvalue weighted by Gasteiger charge is -2.40. The number of carbonyl (C=O) groups is 1. The number of nitrogens with one attached hydrogen (secondary N) is 2. The van der Waals surface area contributed by atoms with Crippen molar-refractivity contribution >= 4 is 5.91 Å². The Morgan fingerprint density at radius 2 is 1.78 bits per heavy atom. The molecule has 2 N–H and O–H groups in total. The number of hydrogen-bond donors (Lipinski definition) is 2. The van der Waals surface area contributed by atoms with Gasteiger partial charge in [0.05, 0.1) is 24.8 Å². The zero-order valence-corrected chi connectivity index (χ0v) is 15.8. The van der Waals surface area contributed by atoms with Crippen LogP contribution in [0.1, 0.15) is 40.4 Å². The summed E-state index contributed by atoms with van der Waals surface area (Å²) in [5, 5.41) is 6.68. The van der Waals surface area contributed by atoms with Crippen LogP contribution >= 0.6 is 0 Å². The second kappa shape index (κ2) is 7.33. The number of fused-ring (bicyclic) bond motifs is 2. The highest BCUT2D eigenvalue weighted by Crippen LogP contribution is 2.51. The molecule has 0 radical (unpaired) electrons. The van der Waals surface area contributed by atoms with Crippen molar-refractivity contribution in [3.63, 3.8) is 0 Å². The predicted octanol–water partition coefficient (Wildman–Crippen LogP) is 2.82. The van der Waals surface area contributed by atoms with Gasteiger partial charge in [0.1, 0.15) is 5.75 Å². The first-order valence-corrected chi connectivity index (χ1v) is 9.48. The van der Waals surface area contributed by atoms with Crippen molar-refractivity contribution in [3.8, 4) is 5.75 Å². The van der Waals surface area contributed by atoms with E-state index in [4.69, 9.17) is 9.47 Å². The van der Waals surface area contributed by atoms with E-state index in [0.29, 0.717) is 11.3 Å². The first kappa shape index (κ1) is 18.0. The molecule has 1 aliphatic heterocycles. The molecule has 27 heavy (non-hydrogen) atoms. The smallest absolute Gasteiger partial charge is 0.255 e. The fourth-order valence-corrected chi connectivity index (χ4v) is 4.85. The third-order valence-corrected chi connectivity index (χ3v) is 6.07. The maximum Gasteiger partial charge on any atom is 0.255 e. The fourth-order valence-electron chi connectivity index (χ4n) is 4.85. The minimum absolute atomic E-state index is 0.0602. The summed E-state index contributed by atoms with van der Waals surface area (Å²) in [5.74, 6) is 0.437. The summed E-state index contributed by atoms with van der Waals surface area (Å²) in [6.45, 7) is 1.92. The molecule has 2 aromatic rings. The Hall–Kier alpha value is -2.37. The molecule has 1 heterocycles. The Morgan fingerprint density at radius 1 is 1.07 bits per heavy atom. The van der Waals surface area contributed by atoms with Gasteiger partial charge in [-0.25, -0.2) is 0 Å². The lowest BCUT2D eigenvalue weighted by Crippen LogP contribution is -2.49. The maximum atomic E-state index is 13.1. The van der Waals surface area contributed by atoms with Crippen LogP contribution in [0.25, 0.3) is 0 Å². The van der Waals surface area contributed by atoms with E-state index >= 15 is 0 Å². The zero-order valence-electron chi connectivity index (χ0n) is 15.8. The normalized spacial score (nSPS) is 23.0. The van der Waals surface area contributed by atoms with Gasteiger partial charge in [-0.15, -0.1) is 0 Å². The Kier molecular flexibility index (Phi) is 4.89. The Labute approximate surface area is 160 Å². The molecule has 0 bridgehead atoms. The van der Waals surface area contributed by atoms with E-state index in [9.17, 15) is 4.79 Å². The molecular formula is C22H26N2O3. The molecule has 0 unspecified atom stereocenters. The van der Waals surface area contributed by atoms with Crippen LogP contribution in [-0.4, -0.2) is 39.3 Å². The van der Waals surface area contributed by atoms with Crippen molar-refractivity contribution in [2.24, 2.45) is 0 Å². The zero-order chi connectivity index (χ0) is 18.9. The van der Waals surface area contributed by atoms with Gasteiger partial charge in [-0.1, -0.05) is 36.4 Å². The molecule has 2 aliphatic rings. The number of amides is 1. The molecule has 0 saturated carbocycles. The summed E-state index contributed by atoms with van der Waals surface area (Å²) in [4.78, 5) is 13.1. The molecule has 2 atom stereocenters. The van der Waals surface area contributed by atoms with E-state index in [1.165, 1.54) is 5.56 Å². The second-order valence-corrected chi connectivity index (χ2v) is 7.30. The summed E-state index contributed by atoms with van der Waals surface area (Å²) in [7, 11) is 3.33. The number of carbonyl (C=O) groups excluding carboxylic acids is 1. The van der Waals surface area contributed by atoms with Gasteiger partial charge < -0.3 is 20.1 Å². The van der Waals surface area contributed by atoms with Gasteiger partial charge in [0, 0.05) is 12.5 Å². The summed E-state index contributed by atoms with van der Waals surface area (Å²) in [6, 6.07) is 15.6. The van der Waals surface area contributed by atoms with Gasteiger partial charge in [0.25, 0.3) is 5.91 Å². The SMILES string of the molecule is COc1ccccc1C(=O)N[C@H]1c2ccccc2C2(CCNCC2)[C@@H]1OC. The Balaban J connectivity index is 1.71. The molecule has 1 amide bonds. The molecule has 4 rings (SSSR count). The van der Waals surface area contributed by atoms with Gasteiger partial charge >= 0.3 is 0 Å². The van der Waals surface area contributed by atoms with Crippen LogP contribution < -0.4 is 15.4 Å². The van der Waals surface area contributed by atoms with Gasteiger partial charge in [0.2, 0.25) is 0 Å². The molecule has 2 aromatic carbocycles. The van der Waals surface area contributed by atoms with Gasteiger partial charge in [-0.3, -0.25) is 4.79 Å². The molecular weight excluding hydrogens is 340 g/mol. The summed E-state index contributed by atoms with van der Waals surface area (Å²) in [5.41, 5.74) is 2.95. The van der Waals surface area contributed by atoms with Crippen LogP contribution in [0.4, 0.5) is 0 Å². The fraction of sp³-hybridized carbons (Fsp3) is 0.409. The highest BCUT2D eigenvalue weighted by Gasteiger charge is 2.53. The largest absolute Gasteiger partial charge is 0.496 e. The molecule has 142 valence electrons. The van der Waals surface area contributed by atoms with Gasteiger partial charge in [-0.2, -0.15) is 0 Å². The highest BCUT2D eigenvalue weighted by molar-refractivity contribution is 5.97. The minimum atomic E-state index is -0.179. The molecule has 1 spiro atoms. The van der Waals surface area contributed by atoms with Crippen molar-refractivity contribution in [2.75, 3.05) is 27.3 Å². The number of benzene rings is 2. The molecule has 5 heteroatoms. The summed E-state index contributed by atoms with van der Waals surface area (Å²) >= 11 is 0. The molecule has 1 aliphatic carbocycles. The number of piperidine rings is 1. The highest BCUT2D eigenvalue weighted by atomic mass is 16.5. The summed E-state index contributed by atoms with van der Waals surface area (Å²) in [6.07, 6.45) is 1.92. The van der Waals surface area contributed by atoms with E-state index in [0.717, 1.165) is 31.5 Å². The third kappa shape index (κ3) is 2.91. The average molecular weight is 366 g/mol. The summed E-state index contributed by atoms with van der Waals surface area (Å²) < 4.78 is 11.4. The van der Waals surface area contributed by atoms with Crippen molar-refractivity contribution < 1.29 is 14.3 Å². The van der Waals surface area contributed by atoms with Crippen LogP contribution in [-0.2, 0) is 10.2 Å². The first-order chi connectivity index (χ1) is 13.2. The van der Waals surface area contributed by atoms with E-state index in [1.54, 1.807) is 26.4 Å². The van der Waals surface area contributed by atoms with Crippen LogP contribution in [0.2, 0.25) is 0 Å². The standard InChI is InChI=1S/C22H26N2O3/c1-26-18-10-6-4-8-16(18)21(25)24-19-15-7-3-5-9-17(15)22(20(19)27-2)11-13-23-14-12-22/h3-10,19-20,23H,11-14H2,1-2H3,(H,24,25)/t19-,20+/m0/s1. The third-order valence-electron chi connectivity index (χ3n) is 6.07. The molecule has 1 saturated heterocycles. The van der Waals surface area contributed by atoms with Crippen LogP contribution in [0.3, 0.4) is 0 Å². The topological polar surface area (TPSA) is 59.6 Å². The van der Waals surface area contributed by atoms with Crippen molar-refractivity contribution in [1.29, 1.82) is 0 Å². The van der Waals surface area contributed by atoms with Crippen molar-refractivity contribution in [1.82, 2.24) is 10.6 Å². The van der Waals surface area contributed by atoms with Crippen molar-refractivity contribution in [2.45, 2.75) is 30.4 Å². The van der Waals surface area contributed by atoms with Crippen LogP contribution in [0, 0.1) is 0 Å². The van der Waals surface area contributed by atoms with E-state index in [1.807, 2.05) is 18.2 Å². The number of hydrogen-bond acceptors (Lipinski definition) is 4. The van der Waals surface area contributed by atoms with E-state index in [-0.39, 0.29) is 23.5 Å². The quantitative estimate of drug-likeness (QED) is 0.874. The number of methoxy groups -OCH3 is 2. The average Bonchev–Trinajstić information content (AvgIpc) is 2.97. The predicted molar refractivity (Wildman–Crippen MR) is 104 cm³/mol. The van der Waals surface area contributed by atoms with Crippen LogP contribution in [0.15, 0.2) is 48.5 Å². The van der Waals surface area contributed by atoms with Crippen LogP contribution in [0.5, 0.6) is 5.75 Å². The van der Waals surface area contributed by atoms with Crippen molar-refractivity contribution in [3.05, 3.63) is 65.2 Å². The Bertz CT molecular complexity index is 830. The minimum Gasteiger partial charge on any atom is -0.496 e. The molecule has 1 fully saturated rings. The lowest BCUT2D eigenvalue weighted by atomic mass is 9.72. The maximum absolute atomic E-state index is 13.1. The molecule has 5 nitrogen and oxygen atoms in total. The van der Waals surface area contributed by atoms with E-state index in [2.05, 4.69) is 28.8 Å². The number of rotatable bonds is 4.